The molecule has 130 valence electrons. The van der Waals surface area contributed by atoms with E-state index in [0.717, 1.165) is 22.2 Å². The highest BCUT2D eigenvalue weighted by atomic mass is 16.5. The number of aromatic nitrogens is 1. The maximum Gasteiger partial charge on any atom is 0.253 e. The molecule has 1 N–H and O–H groups in total. The first-order chi connectivity index (χ1) is 12.0. The number of nitrogens with zero attached hydrogens (tertiary/aromatic N) is 1. The summed E-state index contributed by atoms with van der Waals surface area (Å²) in [4.78, 5) is 12.9. The average molecular weight is 336 g/mol. The largest absolute Gasteiger partial charge is 0.497 e. The number of hydrogen-bond acceptors (Lipinski definition) is 2. The lowest BCUT2D eigenvalue weighted by molar-refractivity contribution is 0.0927. The first-order valence-corrected chi connectivity index (χ1v) is 8.50. The summed E-state index contributed by atoms with van der Waals surface area (Å²) in [6.45, 7) is 4.22. The fourth-order valence-electron chi connectivity index (χ4n) is 3.19. The van der Waals surface area contributed by atoms with Gasteiger partial charge >= 0.3 is 0 Å². The van der Waals surface area contributed by atoms with Gasteiger partial charge in [0.2, 0.25) is 0 Å². The van der Waals surface area contributed by atoms with Gasteiger partial charge in [-0.1, -0.05) is 44.2 Å². The molecule has 1 atom stereocenters. The number of carbonyl (C=O) groups excluding carboxylic acids is 1. The van der Waals surface area contributed by atoms with Gasteiger partial charge in [-0.15, -0.1) is 0 Å². The molecule has 2 aromatic carbocycles. The van der Waals surface area contributed by atoms with Crippen LogP contribution in [-0.2, 0) is 7.05 Å². The number of fused-ring (bicyclic) bond motifs is 1. The summed E-state index contributed by atoms with van der Waals surface area (Å²) in [6.07, 6.45) is 1.89. The summed E-state index contributed by atoms with van der Waals surface area (Å²) in [5, 5.41) is 4.17. The van der Waals surface area contributed by atoms with E-state index in [4.69, 9.17) is 4.74 Å². The quantitative estimate of drug-likeness (QED) is 0.754. The Kier molecular flexibility index (Phi) is 4.79. The molecule has 4 heteroatoms. The van der Waals surface area contributed by atoms with Crippen LogP contribution in [0.1, 0.15) is 35.8 Å². The molecule has 25 heavy (non-hydrogen) atoms. The number of hydrogen-bond donors (Lipinski definition) is 1. The third-order valence-electron chi connectivity index (χ3n) is 4.57. The van der Waals surface area contributed by atoms with Crippen LogP contribution in [0, 0.1) is 5.92 Å². The molecular formula is C21H24N2O2. The minimum atomic E-state index is -0.0580. The number of aryl methyl sites for hydroxylation is 1. The van der Waals surface area contributed by atoms with Crippen molar-refractivity contribution in [3.63, 3.8) is 0 Å². The number of para-hydroxylation sites is 1. The number of nitrogens with one attached hydrogen (secondary N) is 1. The Balaban J connectivity index is 1.90. The van der Waals surface area contributed by atoms with Gasteiger partial charge in [-0.25, -0.2) is 0 Å². The molecule has 0 unspecified atom stereocenters. The Morgan fingerprint density at radius 3 is 2.40 bits per heavy atom. The van der Waals surface area contributed by atoms with E-state index in [1.54, 1.807) is 7.11 Å². The second kappa shape index (κ2) is 7.01. The van der Waals surface area contributed by atoms with Crippen LogP contribution in [0.15, 0.2) is 54.7 Å². The van der Waals surface area contributed by atoms with Crippen molar-refractivity contribution in [2.24, 2.45) is 13.0 Å². The maximum absolute atomic E-state index is 12.9. The second-order valence-electron chi connectivity index (χ2n) is 6.64. The fraction of sp³-hybridized carbons (Fsp3) is 0.286. The van der Waals surface area contributed by atoms with Crippen molar-refractivity contribution in [2.45, 2.75) is 19.9 Å². The normalized spacial score (nSPS) is 12.4. The van der Waals surface area contributed by atoms with Crippen molar-refractivity contribution in [1.29, 1.82) is 0 Å². The standard InChI is InChI=1S/C21H24N2O2/c1-14(2)20(15-9-11-16(25-4)12-10-15)22-21(24)18-13-23(3)19-8-6-5-7-17(18)19/h5-14,20H,1-4H3,(H,22,24)/t20-/m1/s1. The first-order valence-electron chi connectivity index (χ1n) is 8.50. The van der Waals surface area contributed by atoms with Crippen LogP contribution in [0.3, 0.4) is 0 Å². The smallest absolute Gasteiger partial charge is 0.253 e. The Morgan fingerprint density at radius 1 is 1.08 bits per heavy atom. The predicted molar refractivity (Wildman–Crippen MR) is 101 cm³/mol. The molecule has 3 rings (SSSR count). The minimum absolute atomic E-state index is 0.0497. The zero-order valence-corrected chi connectivity index (χ0v) is 15.1. The lowest BCUT2D eigenvalue weighted by Gasteiger charge is -2.23. The van der Waals surface area contributed by atoms with E-state index in [2.05, 4.69) is 19.2 Å². The highest BCUT2D eigenvalue weighted by Gasteiger charge is 2.21. The highest BCUT2D eigenvalue weighted by Crippen LogP contribution is 2.26. The number of ether oxygens (including phenoxy) is 1. The topological polar surface area (TPSA) is 43.3 Å². The van der Waals surface area contributed by atoms with Gasteiger partial charge < -0.3 is 14.6 Å². The molecule has 0 radical (unpaired) electrons. The van der Waals surface area contributed by atoms with Gasteiger partial charge in [-0.05, 0) is 29.7 Å². The van der Waals surface area contributed by atoms with Gasteiger partial charge in [0.1, 0.15) is 5.75 Å². The van der Waals surface area contributed by atoms with Gasteiger partial charge in [0.15, 0.2) is 0 Å². The number of carbonyl (C=O) groups is 1. The molecule has 0 aliphatic carbocycles. The predicted octanol–water partition coefficient (Wildman–Crippen LogP) is 4.31. The van der Waals surface area contributed by atoms with Crippen LogP contribution < -0.4 is 10.1 Å². The Hall–Kier alpha value is -2.75. The van der Waals surface area contributed by atoms with Crippen molar-refractivity contribution < 1.29 is 9.53 Å². The molecule has 1 amide bonds. The van der Waals surface area contributed by atoms with Crippen molar-refractivity contribution >= 4 is 16.8 Å². The first kappa shape index (κ1) is 17.1. The maximum atomic E-state index is 12.9. The van der Waals surface area contributed by atoms with E-state index >= 15 is 0 Å². The summed E-state index contributed by atoms with van der Waals surface area (Å²) in [7, 11) is 3.61. The third-order valence-corrected chi connectivity index (χ3v) is 4.57. The molecular weight excluding hydrogens is 312 g/mol. The van der Waals surface area contributed by atoms with Crippen LogP contribution in [-0.4, -0.2) is 17.6 Å². The second-order valence-corrected chi connectivity index (χ2v) is 6.64. The highest BCUT2D eigenvalue weighted by molar-refractivity contribution is 6.07. The molecule has 0 fully saturated rings. The van der Waals surface area contributed by atoms with Crippen LogP contribution in [0.5, 0.6) is 5.75 Å². The summed E-state index contributed by atoms with van der Waals surface area (Å²) in [6, 6.07) is 15.8. The molecule has 4 nitrogen and oxygen atoms in total. The molecule has 0 spiro atoms. The lowest BCUT2D eigenvalue weighted by atomic mass is 9.95. The summed E-state index contributed by atoms with van der Waals surface area (Å²) in [5.41, 5.74) is 2.83. The van der Waals surface area contributed by atoms with Crippen molar-refractivity contribution in [3.8, 4) is 5.75 Å². The van der Waals surface area contributed by atoms with Crippen molar-refractivity contribution in [1.82, 2.24) is 9.88 Å². The fourth-order valence-corrected chi connectivity index (χ4v) is 3.19. The monoisotopic (exact) mass is 336 g/mol. The molecule has 0 aliphatic heterocycles. The summed E-state index contributed by atoms with van der Waals surface area (Å²) < 4.78 is 7.21. The average Bonchev–Trinajstić information content (AvgIpc) is 2.97. The molecule has 0 saturated heterocycles. The molecule has 1 aromatic heterocycles. The van der Waals surface area contributed by atoms with Crippen LogP contribution >= 0.6 is 0 Å². The third kappa shape index (κ3) is 3.38. The van der Waals surface area contributed by atoms with Gasteiger partial charge in [0.05, 0.1) is 18.7 Å². The van der Waals surface area contributed by atoms with E-state index in [-0.39, 0.29) is 17.9 Å². The molecule has 1 heterocycles. The molecule has 0 saturated carbocycles. The SMILES string of the molecule is COc1ccc([C@H](NC(=O)c2cn(C)c3ccccc23)C(C)C)cc1. The van der Waals surface area contributed by atoms with Crippen LogP contribution in [0.25, 0.3) is 10.9 Å². The summed E-state index contributed by atoms with van der Waals surface area (Å²) >= 11 is 0. The van der Waals surface area contributed by atoms with Gasteiger partial charge in [0, 0.05) is 24.1 Å². The van der Waals surface area contributed by atoms with Crippen LogP contribution in [0.2, 0.25) is 0 Å². The molecule has 3 aromatic rings. The number of methoxy groups -OCH3 is 1. The Bertz CT molecular complexity index is 879. The van der Waals surface area contributed by atoms with Crippen molar-refractivity contribution in [3.05, 3.63) is 65.9 Å². The Labute approximate surface area is 148 Å². The van der Waals surface area contributed by atoms with Gasteiger partial charge in [0.25, 0.3) is 5.91 Å². The van der Waals surface area contributed by atoms with E-state index in [9.17, 15) is 4.79 Å². The lowest BCUT2D eigenvalue weighted by Crippen LogP contribution is -2.31. The Morgan fingerprint density at radius 2 is 1.76 bits per heavy atom. The zero-order chi connectivity index (χ0) is 18.0. The van der Waals surface area contributed by atoms with E-state index < -0.39 is 0 Å². The van der Waals surface area contributed by atoms with E-state index in [1.165, 1.54) is 0 Å². The number of amides is 1. The van der Waals surface area contributed by atoms with E-state index in [0.29, 0.717) is 5.56 Å². The molecule has 0 bridgehead atoms. The van der Waals surface area contributed by atoms with Crippen LogP contribution in [0.4, 0.5) is 0 Å². The number of benzene rings is 2. The minimum Gasteiger partial charge on any atom is -0.497 e. The zero-order valence-electron chi connectivity index (χ0n) is 15.1. The van der Waals surface area contributed by atoms with E-state index in [1.807, 2.05) is 66.3 Å². The van der Waals surface area contributed by atoms with Gasteiger partial charge in [-0.2, -0.15) is 0 Å². The summed E-state index contributed by atoms with van der Waals surface area (Å²) in [5.74, 6) is 1.03. The van der Waals surface area contributed by atoms with Gasteiger partial charge in [-0.3, -0.25) is 4.79 Å². The number of rotatable bonds is 5. The molecule has 0 aliphatic rings. The van der Waals surface area contributed by atoms with Crippen molar-refractivity contribution in [2.75, 3.05) is 7.11 Å².